The lowest BCUT2D eigenvalue weighted by Gasteiger charge is -2.10. The van der Waals surface area contributed by atoms with E-state index in [1.807, 2.05) is 25.1 Å². The van der Waals surface area contributed by atoms with Gasteiger partial charge < -0.3 is 11.1 Å². The SMILES string of the molecule is Cc1ccc(NC(=O)C2(N)CC2)cc1I. The minimum absolute atomic E-state index is 0.0675. The first kappa shape index (κ1) is 10.9. The van der Waals surface area contributed by atoms with E-state index >= 15 is 0 Å². The predicted molar refractivity (Wildman–Crippen MR) is 68.7 cm³/mol. The standard InChI is InChI=1S/C11H13IN2O/c1-7-2-3-8(6-9(7)12)14-10(15)11(13)4-5-11/h2-3,6H,4-5,13H2,1H3,(H,14,15). The molecule has 0 bridgehead atoms. The van der Waals surface area contributed by atoms with Gasteiger partial charge in [-0.1, -0.05) is 6.07 Å². The quantitative estimate of drug-likeness (QED) is 0.820. The molecule has 0 heterocycles. The highest BCUT2D eigenvalue weighted by molar-refractivity contribution is 14.1. The number of hydrogen-bond acceptors (Lipinski definition) is 2. The van der Waals surface area contributed by atoms with Gasteiger partial charge in [0, 0.05) is 9.26 Å². The lowest BCUT2D eigenvalue weighted by molar-refractivity contribution is -0.118. The molecule has 0 atom stereocenters. The molecular weight excluding hydrogens is 303 g/mol. The monoisotopic (exact) mass is 316 g/mol. The van der Waals surface area contributed by atoms with Crippen LogP contribution >= 0.6 is 22.6 Å². The Bertz CT molecular complexity index is 413. The van der Waals surface area contributed by atoms with E-state index in [1.165, 1.54) is 5.56 Å². The molecule has 0 spiro atoms. The number of amides is 1. The molecule has 1 saturated carbocycles. The highest BCUT2D eigenvalue weighted by Crippen LogP contribution is 2.33. The molecule has 1 aliphatic carbocycles. The molecule has 1 amide bonds. The summed E-state index contributed by atoms with van der Waals surface area (Å²) >= 11 is 2.25. The van der Waals surface area contributed by atoms with Crippen LogP contribution in [0.4, 0.5) is 5.69 Å². The van der Waals surface area contributed by atoms with Gasteiger partial charge in [-0.2, -0.15) is 0 Å². The van der Waals surface area contributed by atoms with Gasteiger partial charge in [-0.15, -0.1) is 0 Å². The molecule has 0 aromatic heterocycles. The molecule has 0 radical (unpaired) electrons. The highest BCUT2D eigenvalue weighted by atomic mass is 127. The van der Waals surface area contributed by atoms with Crippen molar-refractivity contribution in [3.05, 3.63) is 27.3 Å². The Kier molecular flexibility index (Phi) is 2.72. The summed E-state index contributed by atoms with van der Waals surface area (Å²) in [5.74, 6) is -0.0675. The van der Waals surface area contributed by atoms with Crippen molar-refractivity contribution in [3.63, 3.8) is 0 Å². The maximum absolute atomic E-state index is 11.7. The Labute approximate surface area is 103 Å². The summed E-state index contributed by atoms with van der Waals surface area (Å²) in [5, 5.41) is 2.84. The minimum atomic E-state index is -0.601. The van der Waals surface area contributed by atoms with Gasteiger partial charge in [-0.25, -0.2) is 0 Å². The first-order valence-electron chi connectivity index (χ1n) is 4.88. The summed E-state index contributed by atoms with van der Waals surface area (Å²) in [4.78, 5) is 11.7. The number of nitrogens with two attached hydrogens (primary N) is 1. The largest absolute Gasteiger partial charge is 0.324 e. The van der Waals surface area contributed by atoms with Crippen LogP contribution in [-0.4, -0.2) is 11.4 Å². The Balaban J connectivity index is 2.11. The van der Waals surface area contributed by atoms with Crippen molar-refractivity contribution in [2.75, 3.05) is 5.32 Å². The number of rotatable bonds is 2. The third-order valence-electron chi connectivity index (χ3n) is 2.67. The summed E-state index contributed by atoms with van der Waals surface area (Å²) < 4.78 is 1.15. The van der Waals surface area contributed by atoms with Crippen molar-refractivity contribution >= 4 is 34.2 Å². The van der Waals surface area contributed by atoms with Crippen LogP contribution in [0.15, 0.2) is 18.2 Å². The van der Waals surface area contributed by atoms with Crippen LogP contribution in [-0.2, 0) is 4.79 Å². The van der Waals surface area contributed by atoms with Gasteiger partial charge in [0.25, 0.3) is 0 Å². The fourth-order valence-electron chi connectivity index (χ4n) is 1.29. The van der Waals surface area contributed by atoms with E-state index in [4.69, 9.17) is 5.73 Å². The van der Waals surface area contributed by atoms with Crippen molar-refractivity contribution < 1.29 is 4.79 Å². The fourth-order valence-corrected chi connectivity index (χ4v) is 1.80. The van der Waals surface area contributed by atoms with Crippen molar-refractivity contribution in [2.45, 2.75) is 25.3 Å². The maximum Gasteiger partial charge on any atom is 0.244 e. The predicted octanol–water partition coefficient (Wildman–Crippen LogP) is 2.03. The van der Waals surface area contributed by atoms with Crippen LogP contribution in [0, 0.1) is 10.5 Å². The smallest absolute Gasteiger partial charge is 0.244 e. The Morgan fingerprint density at radius 1 is 1.53 bits per heavy atom. The van der Waals surface area contributed by atoms with E-state index in [1.54, 1.807) is 0 Å². The summed E-state index contributed by atoms with van der Waals surface area (Å²) in [6.07, 6.45) is 1.59. The maximum atomic E-state index is 11.7. The Hall–Kier alpha value is -0.620. The molecule has 80 valence electrons. The zero-order valence-electron chi connectivity index (χ0n) is 8.51. The van der Waals surface area contributed by atoms with E-state index in [9.17, 15) is 4.79 Å². The number of nitrogens with one attached hydrogen (secondary N) is 1. The first-order chi connectivity index (χ1) is 7.01. The van der Waals surface area contributed by atoms with Gasteiger partial charge >= 0.3 is 0 Å². The van der Waals surface area contributed by atoms with Crippen LogP contribution in [0.2, 0.25) is 0 Å². The summed E-state index contributed by atoms with van der Waals surface area (Å²) in [6, 6.07) is 5.86. The fraction of sp³-hybridized carbons (Fsp3) is 0.364. The number of hydrogen-bond donors (Lipinski definition) is 2. The number of carbonyl (C=O) groups is 1. The molecule has 3 nitrogen and oxygen atoms in total. The molecule has 3 N–H and O–H groups in total. The van der Waals surface area contributed by atoms with E-state index in [0.29, 0.717) is 0 Å². The second-order valence-electron chi connectivity index (χ2n) is 4.07. The van der Waals surface area contributed by atoms with E-state index < -0.39 is 5.54 Å². The van der Waals surface area contributed by atoms with Crippen molar-refractivity contribution in [1.29, 1.82) is 0 Å². The molecule has 4 heteroatoms. The average molecular weight is 316 g/mol. The number of anilines is 1. The van der Waals surface area contributed by atoms with Crippen molar-refractivity contribution in [3.8, 4) is 0 Å². The number of carbonyl (C=O) groups excluding carboxylic acids is 1. The first-order valence-corrected chi connectivity index (χ1v) is 5.96. The number of halogens is 1. The summed E-state index contributed by atoms with van der Waals surface area (Å²) in [6.45, 7) is 2.04. The van der Waals surface area contributed by atoms with Gasteiger partial charge in [0.2, 0.25) is 5.91 Å². The molecule has 1 aromatic rings. The molecule has 0 unspecified atom stereocenters. The van der Waals surface area contributed by atoms with Gasteiger partial charge in [-0.05, 0) is 60.1 Å². The molecule has 1 aliphatic rings. The van der Waals surface area contributed by atoms with E-state index in [2.05, 4.69) is 27.9 Å². The molecule has 15 heavy (non-hydrogen) atoms. The van der Waals surface area contributed by atoms with Crippen LogP contribution < -0.4 is 11.1 Å². The summed E-state index contributed by atoms with van der Waals surface area (Å²) in [5.41, 5.74) is 7.23. The average Bonchev–Trinajstić information content (AvgIpc) is 2.92. The minimum Gasteiger partial charge on any atom is -0.324 e. The lowest BCUT2D eigenvalue weighted by atomic mass is 10.2. The molecule has 0 aliphatic heterocycles. The lowest BCUT2D eigenvalue weighted by Crippen LogP contribution is -2.37. The zero-order chi connectivity index (χ0) is 11.1. The topological polar surface area (TPSA) is 55.1 Å². The van der Waals surface area contributed by atoms with Crippen LogP contribution in [0.5, 0.6) is 0 Å². The molecule has 2 rings (SSSR count). The number of benzene rings is 1. The zero-order valence-corrected chi connectivity index (χ0v) is 10.7. The second-order valence-corrected chi connectivity index (χ2v) is 5.24. The van der Waals surface area contributed by atoms with Crippen LogP contribution in [0.3, 0.4) is 0 Å². The van der Waals surface area contributed by atoms with Gasteiger partial charge in [-0.3, -0.25) is 4.79 Å². The molecule has 1 fully saturated rings. The van der Waals surface area contributed by atoms with Crippen LogP contribution in [0.25, 0.3) is 0 Å². The molecule has 1 aromatic carbocycles. The van der Waals surface area contributed by atoms with Crippen LogP contribution in [0.1, 0.15) is 18.4 Å². The van der Waals surface area contributed by atoms with Gasteiger partial charge in [0.15, 0.2) is 0 Å². The third-order valence-corrected chi connectivity index (χ3v) is 3.83. The Morgan fingerprint density at radius 2 is 2.20 bits per heavy atom. The second kappa shape index (κ2) is 3.75. The molecule has 0 saturated heterocycles. The number of aryl methyl sites for hydroxylation is 1. The van der Waals surface area contributed by atoms with E-state index in [0.717, 1.165) is 22.1 Å². The van der Waals surface area contributed by atoms with Gasteiger partial charge in [0.05, 0.1) is 5.54 Å². The molecular formula is C11H13IN2O. The van der Waals surface area contributed by atoms with Crippen molar-refractivity contribution in [2.24, 2.45) is 5.73 Å². The van der Waals surface area contributed by atoms with E-state index in [-0.39, 0.29) is 5.91 Å². The summed E-state index contributed by atoms with van der Waals surface area (Å²) in [7, 11) is 0. The Morgan fingerprint density at radius 3 is 2.73 bits per heavy atom. The van der Waals surface area contributed by atoms with Crippen molar-refractivity contribution in [1.82, 2.24) is 0 Å². The third kappa shape index (κ3) is 2.31. The van der Waals surface area contributed by atoms with Gasteiger partial charge in [0.1, 0.15) is 0 Å². The normalized spacial score (nSPS) is 17.3. The highest BCUT2D eigenvalue weighted by Gasteiger charge is 2.45.